The van der Waals surface area contributed by atoms with Gasteiger partial charge in [0.05, 0.1) is 7.11 Å². The number of hydrogen-bond donors (Lipinski definition) is 0. The number of benzene rings is 1. The van der Waals surface area contributed by atoms with Crippen LogP contribution in [0, 0.1) is 5.92 Å². The van der Waals surface area contributed by atoms with Crippen LogP contribution in [0.25, 0.3) is 0 Å². The first kappa shape index (κ1) is 22.1. The van der Waals surface area contributed by atoms with E-state index in [9.17, 15) is 9.59 Å². The van der Waals surface area contributed by atoms with Crippen LogP contribution in [0.2, 0.25) is 0 Å². The number of carbonyl (C=O) groups is 2. The van der Waals surface area contributed by atoms with Crippen molar-refractivity contribution in [1.82, 2.24) is 14.7 Å². The van der Waals surface area contributed by atoms with Gasteiger partial charge in [0, 0.05) is 38.3 Å². The maximum absolute atomic E-state index is 13.6. The molecule has 1 spiro atoms. The standard InChI is InChI=1S/C25H37N3O3/c1-3-15-28-24(30)27(18-20-9-5-4-6-10-20)23(29)25(28)13-16-26(17-14-25)19-21-11-7-8-12-22(21)31-2/h7-8,11-12,20H,3-6,9-10,13-19H2,1-2H3. The number of carbonyl (C=O) groups excluding carboxylic acids is 2. The van der Waals surface area contributed by atoms with E-state index in [0.717, 1.165) is 44.6 Å². The highest BCUT2D eigenvalue weighted by Crippen LogP contribution is 2.39. The highest BCUT2D eigenvalue weighted by molar-refractivity contribution is 6.07. The molecule has 0 radical (unpaired) electrons. The molecule has 1 aromatic carbocycles. The quantitative estimate of drug-likeness (QED) is 0.610. The molecule has 0 unspecified atom stereocenters. The topological polar surface area (TPSA) is 53.1 Å². The van der Waals surface area contributed by atoms with E-state index in [-0.39, 0.29) is 11.9 Å². The summed E-state index contributed by atoms with van der Waals surface area (Å²) in [7, 11) is 1.70. The zero-order valence-corrected chi connectivity index (χ0v) is 19.1. The van der Waals surface area contributed by atoms with Gasteiger partial charge >= 0.3 is 6.03 Å². The predicted molar refractivity (Wildman–Crippen MR) is 121 cm³/mol. The lowest BCUT2D eigenvalue weighted by Crippen LogP contribution is -2.56. The van der Waals surface area contributed by atoms with Crippen LogP contribution in [-0.4, -0.2) is 65.5 Å². The van der Waals surface area contributed by atoms with Gasteiger partial charge in [0.25, 0.3) is 5.91 Å². The summed E-state index contributed by atoms with van der Waals surface area (Å²) in [5.41, 5.74) is 0.526. The summed E-state index contributed by atoms with van der Waals surface area (Å²) in [5, 5.41) is 0. The lowest BCUT2D eigenvalue weighted by molar-refractivity contribution is -0.136. The van der Waals surface area contributed by atoms with Crippen molar-refractivity contribution in [2.24, 2.45) is 5.92 Å². The molecule has 0 bridgehead atoms. The molecule has 0 N–H and O–H groups in total. The molecule has 1 aromatic rings. The van der Waals surface area contributed by atoms with Crippen molar-refractivity contribution in [1.29, 1.82) is 0 Å². The first-order chi connectivity index (χ1) is 15.1. The second-order valence-electron chi connectivity index (χ2n) is 9.47. The maximum atomic E-state index is 13.6. The molecule has 3 fully saturated rings. The van der Waals surface area contributed by atoms with Gasteiger partial charge in [-0.25, -0.2) is 4.79 Å². The summed E-state index contributed by atoms with van der Waals surface area (Å²) < 4.78 is 5.51. The van der Waals surface area contributed by atoms with Crippen molar-refractivity contribution in [3.05, 3.63) is 29.8 Å². The van der Waals surface area contributed by atoms with Gasteiger partial charge in [-0.3, -0.25) is 14.6 Å². The molecule has 3 aliphatic rings. The van der Waals surface area contributed by atoms with Crippen molar-refractivity contribution in [3.63, 3.8) is 0 Å². The van der Waals surface area contributed by atoms with E-state index >= 15 is 0 Å². The van der Waals surface area contributed by atoms with Crippen LogP contribution >= 0.6 is 0 Å². The van der Waals surface area contributed by atoms with Gasteiger partial charge < -0.3 is 9.64 Å². The molecule has 4 rings (SSSR count). The third-order valence-electron chi connectivity index (χ3n) is 7.50. The zero-order chi connectivity index (χ0) is 21.8. The normalized spacial score (nSPS) is 22.5. The average Bonchev–Trinajstić information content (AvgIpc) is 2.98. The van der Waals surface area contributed by atoms with Gasteiger partial charge in [-0.05, 0) is 44.1 Å². The van der Waals surface area contributed by atoms with E-state index in [1.165, 1.54) is 24.8 Å². The first-order valence-corrected chi connectivity index (χ1v) is 12.1. The molecule has 31 heavy (non-hydrogen) atoms. The number of ether oxygens (including phenoxy) is 1. The van der Waals surface area contributed by atoms with E-state index < -0.39 is 5.54 Å². The Hall–Kier alpha value is -2.08. The Morgan fingerprint density at radius 2 is 1.77 bits per heavy atom. The molecule has 0 aromatic heterocycles. The Labute approximate surface area is 186 Å². The summed E-state index contributed by atoms with van der Waals surface area (Å²) in [6.07, 6.45) is 8.33. The number of amides is 3. The van der Waals surface area contributed by atoms with Crippen LogP contribution in [0.5, 0.6) is 5.75 Å². The zero-order valence-electron chi connectivity index (χ0n) is 19.1. The summed E-state index contributed by atoms with van der Waals surface area (Å²) in [5.74, 6) is 1.44. The smallest absolute Gasteiger partial charge is 0.327 e. The van der Waals surface area contributed by atoms with E-state index in [1.807, 2.05) is 23.1 Å². The van der Waals surface area contributed by atoms with Crippen LogP contribution in [-0.2, 0) is 11.3 Å². The minimum atomic E-state index is -0.640. The summed E-state index contributed by atoms with van der Waals surface area (Å²) in [4.78, 5) is 32.9. The Morgan fingerprint density at radius 1 is 1.06 bits per heavy atom. The Balaban J connectivity index is 1.46. The molecule has 6 nitrogen and oxygen atoms in total. The highest BCUT2D eigenvalue weighted by atomic mass is 16.5. The van der Waals surface area contributed by atoms with Gasteiger partial charge in [0.2, 0.25) is 0 Å². The van der Waals surface area contributed by atoms with Crippen LogP contribution in [0.1, 0.15) is 63.9 Å². The second-order valence-corrected chi connectivity index (χ2v) is 9.47. The fraction of sp³-hybridized carbons (Fsp3) is 0.680. The number of likely N-dealkylation sites (tertiary alicyclic amines) is 1. The fourth-order valence-corrected chi connectivity index (χ4v) is 5.74. The van der Waals surface area contributed by atoms with Crippen molar-refractivity contribution in [2.75, 3.05) is 33.3 Å². The third-order valence-corrected chi connectivity index (χ3v) is 7.50. The number of hydrogen-bond acceptors (Lipinski definition) is 4. The molecule has 6 heteroatoms. The lowest BCUT2D eigenvalue weighted by Gasteiger charge is -2.42. The second kappa shape index (κ2) is 9.60. The Morgan fingerprint density at radius 3 is 2.45 bits per heavy atom. The van der Waals surface area contributed by atoms with Gasteiger partial charge in [-0.2, -0.15) is 0 Å². The monoisotopic (exact) mass is 427 g/mol. The number of urea groups is 1. The van der Waals surface area contributed by atoms with Gasteiger partial charge in [-0.1, -0.05) is 44.4 Å². The molecule has 3 amide bonds. The number of para-hydroxylation sites is 1. The van der Waals surface area contributed by atoms with Gasteiger partial charge in [0.1, 0.15) is 11.3 Å². The molecule has 2 saturated heterocycles. The average molecular weight is 428 g/mol. The minimum absolute atomic E-state index is 0.0457. The third kappa shape index (κ3) is 4.32. The lowest BCUT2D eigenvalue weighted by atomic mass is 9.85. The van der Waals surface area contributed by atoms with Gasteiger partial charge in [-0.15, -0.1) is 0 Å². The van der Waals surface area contributed by atoms with Crippen molar-refractivity contribution >= 4 is 11.9 Å². The summed E-state index contributed by atoms with van der Waals surface area (Å²) in [6, 6.07) is 8.07. The molecule has 170 valence electrons. The van der Waals surface area contributed by atoms with E-state index in [2.05, 4.69) is 17.9 Å². The van der Waals surface area contributed by atoms with Crippen LogP contribution in [0.3, 0.4) is 0 Å². The van der Waals surface area contributed by atoms with Crippen LogP contribution in [0.4, 0.5) is 4.79 Å². The molecule has 1 saturated carbocycles. The number of imide groups is 1. The van der Waals surface area contributed by atoms with Crippen LogP contribution < -0.4 is 4.74 Å². The molecule has 2 heterocycles. The van der Waals surface area contributed by atoms with E-state index in [4.69, 9.17) is 4.74 Å². The molecular weight excluding hydrogens is 390 g/mol. The van der Waals surface area contributed by atoms with Crippen LogP contribution in [0.15, 0.2) is 24.3 Å². The summed E-state index contributed by atoms with van der Waals surface area (Å²) >= 11 is 0. The highest BCUT2D eigenvalue weighted by Gasteiger charge is 2.57. The molecule has 1 aliphatic carbocycles. The number of rotatable bonds is 7. The van der Waals surface area contributed by atoms with Crippen molar-refractivity contribution in [3.8, 4) is 5.75 Å². The maximum Gasteiger partial charge on any atom is 0.327 e. The summed E-state index contributed by atoms with van der Waals surface area (Å²) in [6.45, 7) is 5.81. The number of nitrogens with zero attached hydrogens (tertiary/aromatic N) is 3. The first-order valence-electron chi connectivity index (χ1n) is 12.1. The Kier molecular flexibility index (Phi) is 6.85. The fourth-order valence-electron chi connectivity index (χ4n) is 5.74. The predicted octanol–water partition coefficient (Wildman–Crippen LogP) is 4.28. The van der Waals surface area contributed by atoms with E-state index in [0.29, 0.717) is 31.8 Å². The molecule has 0 atom stereocenters. The SMILES string of the molecule is CCCN1C(=O)N(CC2CCCCC2)C(=O)C12CCN(Cc1ccccc1OC)CC2. The van der Waals surface area contributed by atoms with E-state index in [1.54, 1.807) is 12.0 Å². The number of methoxy groups -OCH3 is 1. The number of piperidine rings is 1. The van der Waals surface area contributed by atoms with Crippen molar-refractivity contribution < 1.29 is 14.3 Å². The molecular formula is C25H37N3O3. The van der Waals surface area contributed by atoms with Gasteiger partial charge in [0.15, 0.2) is 0 Å². The van der Waals surface area contributed by atoms with Crippen molar-refractivity contribution in [2.45, 2.75) is 70.4 Å². The largest absolute Gasteiger partial charge is 0.496 e. The minimum Gasteiger partial charge on any atom is -0.496 e. The Bertz CT molecular complexity index is 782. The molecule has 2 aliphatic heterocycles.